The van der Waals surface area contributed by atoms with Crippen molar-refractivity contribution in [3.63, 3.8) is 0 Å². The molecule has 2 aromatic carbocycles. The minimum atomic E-state index is -1.10. The molecule has 2 N–H and O–H groups in total. The number of fused-ring (bicyclic) bond motifs is 1. The Morgan fingerprint density at radius 2 is 1.90 bits per heavy atom. The Morgan fingerprint density at radius 3 is 2.55 bits per heavy atom. The summed E-state index contributed by atoms with van der Waals surface area (Å²) < 4.78 is 12.7. The second kappa shape index (κ2) is 7.35. The molecule has 29 heavy (non-hydrogen) atoms. The number of benzene rings is 2. The van der Waals surface area contributed by atoms with Gasteiger partial charge in [0.05, 0.1) is 25.6 Å². The average Bonchev–Trinajstić information content (AvgIpc) is 3.13. The van der Waals surface area contributed by atoms with Gasteiger partial charge in [-0.2, -0.15) is 0 Å². The fraction of sp³-hybridized carbons (Fsp3) is 0.182. The Kier molecular flexibility index (Phi) is 4.72. The molecule has 0 saturated carbocycles. The van der Waals surface area contributed by atoms with Gasteiger partial charge in [0.2, 0.25) is 5.91 Å². The van der Waals surface area contributed by atoms with Crippen molar-refractivity contribution in [3.05, 3.63) is 71.5 Å². The molecular weight excluding hydrogens is 372 g/mol. The second-order valence-corrected chi connectivity index (χ2v) is 6.73. The maximum atomic E-state index is 12.5. The van der Waals surface area contributed by atoms with Gasteiger partial charge in [-0.25, -0.2) is 4.79 Å². The van der Waals surface area contributed by atoms with Gasteiger partial charge < -0.3 is 24.5 Å². The molecule has 0 aliphatic carbocycles. The predicted octanol–water partition coefficient (Wildman–Crippen LogP) is 3.67. The minimum absolute atomic E-state index is 0.0452. The van der Waals surface area contributed by atoms with E-state index in [2.05, 4.69) is 5.32 Å². The number of rotatable bonds is 5. The highest BCUT2D eigenvalue weighted by molar-refractivity contribution is 6.04. The van der Waals surface area contributed by atoms with Gasteiger partial charge in [0.25, 0.3) is 0 Å². The molecule has 0 fully saturated rings. The third-order valence-electron chi connectivity index (χ3n) is 5.10. The lowest BCUT2D eigenvalue weighted by molar-refractivity contribution is -0.116. The number of carboxylic acids is 1. The van der Waals surface area contributed by atoms with Crippen molar-refractivity contribution in [1.82, 2.24) is 4.57 Å². The maximum absolute atomic E-state index is 12.5. The summed E-state index contributed by atoms with van der Waals surface area (Å²) in [4.78, 5) is 24.4. The third kappa shape index (κ3) is 3.20. The summed E-state index contributed by atoms with van der Waals surface area (Å²) in [6.45, 7) is 0. The summed E-state index contributed by atoms with van der Waals surface area (Å²) >= 11 is 0. The summed E-state index contributed by atoms with van der Waals surface area (Å²) in [5.41, 5.74) is 2.62. The number of carbonyl (C=O) groups excluding carboxylic acids is 1. The van der Waals surface area contributed by atoms with E-state index in [4.69, 9.17) is 9.47 Å². The minimum Gasteiger partial charge on any atom is -0.497 e. The Morgan fingerprint density at radius 1 is 1.14 bits per heavy atom. The summed E-state index contributed by atoms with van der Waals surface area (Å²) in [6, 6.07) is 14.8. The van der Waals surface area contributed by atoms with Crippen LogP contribution in [0.5, 0.6) is 11.5 Å². The molecule has 0 bridgehead atoms. The molecule has 1 aromatic heterocycles. The van der Waals surface area contributed by atoms with Gasteiger partial charge in [-0.05, 0) is 30.3 Å². The molecule has 0 unspecified atom stereocenters. The number of ether oxygens (including phenoxy) is 2. The van der Waals surface area contributed by atoms with Crippen LogP contribution < -0.4 is 14.8 Å². The normalized spacial score (nSPS) is 15.4. The van der Waals surface area contributed by atoms with E-state index < -0.39 is 11.9 Å². The van der Waals surface area contributed by atoms with E-state index in [0.29, 0.717) is 22.9 Å². The zero-order chi connectivity index (χ0) is 20.5. The fourth-order valence-electron chi connectivity index (χ4n) is 3.80. The van der Waals surface area contributed by atoms with Crippen molar-refractivity contribution in [2.45, 2.75) is 12.3 Å². The van der Waals surface area contributed by atoms with E-state index in [1.165, 1.54) is 0 Å². The van der Waals surface area contributed by atoms with Crippen molar-refractivity contribution in [3.8, 4) is 17.2 Å². The predicted molar refractivity (Wildman–Crippen MR) is 107 cm³/mol. The molecular formula is C22H20N2O5. The van der Waals surface area contributed by atoms with Gasteiger partial charge in [0, 0.05) is 29.8 Å². The molecule has 4 rings (SSSR count). The number of aromatic carboxylic acids is 1. The Labute approximate surface area is 167 Å². The SMILES string of the molecule is COc1ccc(OC)c([C@H]2CC(=O)Nc3c(C(=O)O)cn(-c4ccccc4)c32)c1. The van der Waals surface area contributed by atoms with Crippen LogP contribution in [0.1, 0.15) is 34.0 Å². The van der Waals surface area contributed by atoms with E-state index >= 15 is 0 Å². The fourth-order valence-corrected chi connectivity index (χ4v) is 3.80. The first-order chi connectivity index (χ1) is 14.0. The summed E-state index contributed by atoms with van der Waals surface area (Å²) in [7, 11) is 3.13. The smallest absolute Gasteiger partial charge is 0.339 e. The zero-order valence-electron chi connectivity index (χ0n) is 16.0. The number of hydrogen-bond acceptors (Lipinski definition) is 4. The van der Waals surface area contributed by atoms with Crippen LogP contribution >= 0.6 is 0 Å². The maximum Gasteiger partial charge on any atom is 0.339 e. The number of carboxylic acid groups (broad SMARTS) is 1. The highest BCUT2D eigenvalue weighted by Crippen LogP contribution is 2.45. The molecule has 0 radical (unpaired) electrons. The van der Waals surface area contributed by atoms with Gasteiger partial charge in [-0.3, -0.25) is 4.79 Å². The third-order valence-corrected chi connectivity index (χ3v) is 5.10. The lowest BCUT2D eigenvalue weighted by atomic mass is 9.87. The number of amides is 1. The Hall–Kier alpha value is -3.74. The van der Waals surface area contributed by atoms with E-state index in [0.717, 1.165) is 11.3 Å². The van der Waals surface area contributed by atoms with E-state index in [1.54, 1.807) is 32.5 Å². The lowest BCUT2D eigenvalue weighted by Crippen LogP contribution is -2.25. The molecule has 1 aliphatic rings. The first kappa shape index (κ1) is 18.6. The number of hydrogen-bond donors (Lipinski definition) is 2. The molecule has 148 valence electrons. The van der Waals surface area contributed by atoms with Crippen LogP contribution in [0.2, 0.25) is 0 Å². The molecule has 1 amide bonds. The standard InChI is InChI=1S/C22H20N2O5/c1-28-14-8-9-18(29-2)15(10-14)16-11-19(25)23-20-17(22(26)27)12-24(21(16)20)13-6-4-3-5-7-13/h3-10,12,16H,11H2,1-2H3,(H,23,25)(H,26,27)/t16-/m1/s1. The number of carbonyl (C=O) groups is 2. The van der Waals surface area contributed by atoms with Crippen molar-refractivity contribution in [2.24, 2.45) is 0 Å². The van der Waals surface area contributed by atoms with Gasteiger partial charge >= 0.3 is 5.97 Å². The number of anilines is 1. The molecule has 2 heterocycles. The van der Waals surface area contributed by atoms with Gasteiger partial charge in [-0.1, -0.05) is 18.2 Å². The van der Waals surface area contributed by atoms with Crippen molar-refractivity contribution >= 4 is 17.6 Å². The van der Waals surface area contributed by atoms with Crippen LogP contribution in [0.25, 0.3) is 5.69 Å². The van der Waals surface area contributed by atoms with Crippen LogP contribution in [-0.4, -0.2) is 35.8 Å². The number of nitrogens with zero attached hydrogens (tertiary/aromatic N) is 1. The molecule has 1 aliphatic heterocycles. The largest absolute Gasteiger partial charge is 0.497 e. The van der Waals surface area contributed by atoms with Gasteiger partial charge in [0.15, 0.2) is 0 Å². The van der Waals surface area contributed by atoms with Crippen molar-refractivity contribution < 1.29 is 24.2 Å². The van der Waals surface area contributed by atoms with Crippen LogP contribution in [0.4, 0.5) is 5.69 Å². The number of nitrogens with one attached hydrogen (secondary N) is 1. The highest BCUT2D eigenvalue weighted by atomic mass is 16.5. The first-order valence-electron chi connectivity index (χ1n) is 9.09. The van der Waals surface area contributed by atoms with Crippen LogP contribution in [-0.2, 0) is 4.79 Å². The van der Waals surface area contributed by atoms with Crippen molar-refractivity contribution in [1.29, 1.82) is 0 Å². The molecule has 7 nitrogen and oxygen atoms in total. The van der Waals surface area contributed by atoms with E-state index in [1.807, 2.05) is 41.0 Å². The number of aromatic nitrogens is 1. The van der Waals surface area contributed by atoms with Gasteiger partial charge in [-0.15, -0.1) is 0 Å². The quantitative estimate of drug-likeness (QED) is 0.692. The first-order valence-corrected chi connectivity index (χ1v) is 9.09. The Bertz CT molecular complexity index is 1090. The molecule has 3 aromatic rings. The van der Waals surface area contributed by atoms with Gasteiger partial charge in [0.1, 0.15) is 17.1 Å². The molecule has 0 saturated heterocycles. The van der Waals surface area contributed by atoms with Crippen LogP contribution in [0.3, 0.4) is 0 Å². The van der Waals surface area contributed by atoms with Crippen LogP contribution in [0, 0.1) is 0 Å². The number of para-hydroxylation sites is 1. The zero-order valence-corrected chi connectivity index (χ0v) is 16.0. The molecule has 0 spiro atoms. The monoisotopic (exact) mass is 392 g/mol. The van der Waals surface area contributed by atoms with Crippen LogP contribution in [0.15, 0.2) is 54.7 Å². The van der Waals surface area contributed by atoms with Crippen molar-refractivity contribution in [2.75, 3.05) is 19.5 Å². The number of methoxy groups -OCH3 is 2. The lowest BCUT2D eigenvalue weighted by Gasteiger charge is -2.27. The Balaban J connectivity index is 2.00. The molecule has 7 heteroatoms. The van der Waals surface area contributed by atoms with E-state index in [9.17, 15) is 14.7 Å². The molecule has 1 atom stereocenters. The second-order valence-electron chi connectivity index (χ2n) is 6.73. The summed E-state index contributed by atoms with van der Waals surface area (Å²) in [5, 5.41) is 12.5. The topological polar surface area (TPSA) is 89.8 Å². The average molecular weight is 392 g/mol. The van der Waals surface area contributed by atoms with E-state index in [-0.39, 0.29) is 17.9 Å². The summed E-state index contributed by atoms with van der Waals surface area (Å²) in [5.74, 6) is -0.522. The highest BCUT2D eigenvalue weighted by Gasteiger charge is 2.35. The summed E-state index contributed by atoms with van der Waals surface area (Å²) in [6.07, 6.45) is 1.71.